The molecule has 1 aromatic carbocycles. The molecule has 2 saturated heterocycles. The minimum absolute atomic E-state index is 0. The minimum atomic E-state index is -0.881. The van der Waals surface area contributed by atoms with E-state index in [1.54, 1.807) is 18.9 Å². The van der Waals surface area contributed by atoms with Gasteiger partial charge in [-0.15, -0.1) is 4.80 Å². The van der Waals surface area contributed by atoms with Gasteiger partial charge in [-0.1, -0.05) is 11.3 Å². The summed E-state index contributed by atoms with van der Waals surface area (Å²) in [5.41, 5.74) is 0.137. The molecule has 1 atom stereocenters. The van der Waals surface area contributed by atoms with Crippen LogP contribution in [0.2, 0.25) is 0 Å². The summed E-state index contributed by atoms with van der Waals surface area (Å²) in [6, 6.07) is 3.34. The number of thiophene rings is 1. The van der Waals surface area contributed by atoms with Crippen molar-refractivity contribution in [1.82, 2.24) is 29.0 Å². The molecule has 0 radical (unpaired) electrons. The zero-order chi connectivity index (χ0) is 30.7. The zero-order valence-electron chi connectivity index (χ0n) is 24.9. The number of methoxy groups -OCH3 is 1. The Kier molecular flexibility index (Phi) is 11.0. The van der Waals surface area contributed by atoms with Crippen LogP contribution in [0.4, 0.5) is 4.39 Å². The van der Waals surface area contributed by atoms with Crippen LogP contribution in [0.25, 0.3) is 15.2 Å². The van der Waals surface area contributed by atoms with E-state index < -0.39 is 23.1 Å². The maximum atomic E-state index is 14.0. The summed E-state index contributed by atoms with van der Waals surface area (Å²) in [6.07, 6.45) is 5.97. The van der Waals surface area contributed by atoms with Crippen molar-refractivity contribution < 1.29 is 23.8 Å². The molecule has 2 aliphatic heterocycles. The fourth-order valence-electron chi connectivity index (χ4n) is 5.45. The molecule has 1 amide bonds. The fourth-order valence-corrected chi connectivity index (χ4v) is 6.68. The number of likely N-dealkylation sites (N-methyl/N-ethyl adjacent to an activating group) is 1. The van der Waals surface area contributed by atoms with E-state index in [1.807, 2.05) is 0 Å². The maximum Gasteiger partial charge on any atom is 0.332 e. The summed E-state index contributed by atoms with van der Waals surface area (Å²) in [4.78, 5) is 44.0. The second-order valence-corrected chi connectivity index (χ2v) is 11.6. The van der Waals surface area contributed by atoms with Crippen LogP contribution in [0.3, 0.4) is 0 Å². The van der Waals surface area contributed by atoms with E-state index in [1.165, 1.54) is 58.4 Å². The van der Waals surface area contributed by atoms with Gasteiger partial charge in [-0.3, -0.25) is 14.2 Å². The average molecular weight is 649 g/mol. The highest BCUT2D eigenvalue weighted by molar-refractivity contribution is 7.59. The number of aryl methyl sites for hydroxylation is 3. The molecule has 1 N–H and O–H groups in total. The molecule has 1 unspecified atom stereocenters. The van der Waals surface area contributed by atoms with E-state index >= 15 is 0 Å². The Bertz CT molecular complexity index is 1710. The molecule has 5 heterocycles. The van der Waals surface area contributed by atoms with Crippen molar-refractivity contribution in [2.24, 2.45) is 0 Å². The predicted octanol–water partition coefficient (Wildman–Crippen LogP) is 2.57. The number of ether oxygens (including phenoxy) is 2. The Balaban J connectivity index is 0.000000488. The summed E-state index contributed by atoms with van der Waals surface area (Å²) < 4.78 is 26.9. The molecule has 2 fully saturated rings. The number of likely N-dealkylation sites (tertiary alicyclic amines) is 1. The molecular formula is C29H37FN6O6S2. The van der Waals surface area contributed by atoms with Crippen molar-refractivity contribution >= 4 is 41.0 Å². The monoisotopic (exact) mass is 648 g/mol. The van der Waals surface area contributed by atoms with Crippen molar-refractivity contribution in [2.45, 2.75) is 57.7 Å². The number of aromatic nitrogens is 5. The zero-order valence-corrected chi connectivity index (χ0v) is 26.7. The predicted molar refractivity (Wildman–Crippen MR) is 169 cm³/mol. The fraction of sp³-hybridized carbons (Fsp3) is 0.483. The normalized spacial score (nSPS) is 17.2. The molecule has 238 valence electrons. The van der Waals surface area contributed by atoms with Crippen molar-refractivity contribution in [3.05, 3.63) is 68.4 Å². The largest absolute Gasteiger partial charge is 0.496 e. The molecule has 12 nitrogen and oxygen atoms in total. The minimum Gasteiger partial charge on any atom is -0.496 e. The first-order valence-corrected chi connectivity index (χ1v) is 15.0. The molecule has 3 aromatic heterocycles. The summed E-state index contributed by atoms with van der Waals surface area (Å²) in [5, 5.41) is 18.2. The molecule has 0 aliphatic carbocycles. The lowest BCUT2D eigenvalue weighted by molar-refractivity contribution is -0.136. The van der Waals surface area contributed by atoms with Crippen LogP contribution < -0.4 is 16.0 Å². The number of benzene rings is 1. The van der Waals surface area contributed by atoms with Gasteiger partial charge in [0, 0.05) is 38.9 Å². The van der Waals surface area contributed by atoms with Gasteiger partial charge in [0.15, 0.2) is 0 Å². The molecule has 0 bridgehead atoms. The number of rotatable bonds is 6. The lowest BCUT2D eigenvalue weighted by Gasteiger charge is -2.30. The van der Waals surface area contributed by atoms with E-state index in [0.717, 1.165) is 30.6 Å². The van der Waals surface area contributed by atoms with Crippen molar-refractivity contribution in [1.29, 1.82) is 0 Å². The number of hydrogen-bond acceptors (Lipinski definition) is 9. The molecule has 6 rings (SSSR count). The molecular weight excluding hydrogens is 611 g/mol. The number of hydrogen-bond donors (Lipinski definition) is 1. The number of aliphatic hydroxyl groups excluding tert-OH is 1. The molecule has 0 saturated carbocycles. The van der Waals surface area contributed by atoms with Gasteiger partial charge in [-0.2, -0.15) is 23.7 Å². The van der Waals surface area contributed by atoms with Gasteiger partial charge < -0.3 is 19.5 Å². The van der Waals surface area contributed by atoms with Gasteiger partial charge in [0.2, 0.25) is 5.91 Å². The van der Waals surface area contributed by atoms with Gasteiger partial charge in [-0.05, 0) is 62.8 Å². The summed E-state index contributed by atoms with van der Waals surface area (Å²) in [7, 11) is 3.17. The van der Waals surface area contributed by atoms with Gasteiger partial charge in [0.05, 0.1) is 31.0 Å². The van der Waals surface area contributed by atoms with Crippen LogP contribution in [0, 0.1) is 12.7 Å². The van der Waals surface area contributed by atoms with E-state index in [0.29, 0.717) is 51.5 Å². The van der Waals surface area contributed by atoms with Crippen LogP contribution in [0.1, 0.15) is 42.9 Å². The van der Waals surface area contributed by atoms with Crippen molar-refractivity contribution in [3.63, 3.8) is 0 Å². The third-order valence-electron chi connectivity index (χ3n) is 7.80. The number of piperidine rings is 1. The SMILES string of the molecule is COc1ccc(F)cc1CCn1c(=O)n(C2CCCN(C)C2=O)c(=O)c2c(C)c(-n3nccn3)sc21.OC1CCOCC1.S. The molecule has 4 aromatic rings. The third kappa shape index (κ3) is 6.75. The Labute approximate surface area is 264 Å². The molecule has 44 heavy (non-hydrogen) atoms. The summed E-state index contributed by atoms with van der Waals surface area (Å²) >= 11 is 1.23. The summed E-state index contributed by atoms with van der Waals surface area (Å²) in [5.74, 6) is -0.176. The first-order valence-electron chi connectivity index (χ1n) is 14.2. The highest BCUT2D eigenvalue weighted by Gasteiger charge is 2.33. The number of aliphatic hydroxyl groups is 1. The van der Waals surface area contributed by atoms with Gasteiger partial charge >= 0.3 is 5.69 Å². The quantitative estimate of drug-likeness (QED) is 0.337. The van der Waals surface area contributed by atoms with E-state index in [2.05, 4.69) is 10.2 Å². The number of carbonyl (C=O) groups is 1. The number of carbonyl (C=O) groups excluding carboxylic acids is 1. The first-order chi connectivity index (χ1) is 20.7. The van der Waals surface area contributed by atoms with Gasteiger partial charge in [-0.25, -0.2) is 13.8 Å². The van der Waals surface area contributed by atoms with E-state index in [-0.39, 0.29) is 38.5 Å². The van der Waals surface area contributed by atoms with E-state index in [4.69, 9.17) is 14.6 Å². The van der Waals surface area contributed by atoms with Gasteiger partial charge in [0.1, 0.15) is 27.4 Å². The summed E-state index contributed by atoms with van der Waals surface area (Å²) in [6.45, 7) is 3.98. The van der Waals surface area contributed by atoms with Crippen LogP contribution >= 0.6 is 24.8 Å². The first kappa shape index (κ1) is 33.4. The van der Waals surface area contributed by atoms with Crippen molar-refractivity contribution in [3.8, 4) is 10.8 Å². The number of halogens is 1. The standard InChI is InChI=1S/C24H25FN6O4S.C5H10O2.H2S/c1-14-19-21(33)30(17-5-4-11-28(2)20(17)32)24(34)29(23(19)36-22(14)31-26-9-10-27-31)12-8-15-13-16(25)6-7-18(15)35-3;6-5-1-3-7-4-2-5;/h6-7,9-10,13,17H,4-5,8,11-12H2,1-3H3;5-6H,1-4H2;1H2. The molecule has 15 heteroatoms. The third-order valence-corrected chi connectivity index (χ3v) is 9.08. The number of fused-ring (bicyclic) bond motifs is 1. The smallest absolute Gasteiger partial charge is 0.332 e. The maximum absolute atomic E-state index is 14.0. The molecule has 2 aliphatic rings. The second-order valence-electron chi connectivity index (χ2n) is 10.6. The molecule has 0 spiro atoms. The lowest BCUT2D eigenvalue weighted by atomic mass is 10.0. The highest BCUT2D eigenvalue weighted by atomic mass is 32.1. The number of amides is 1. The second kappa shape index (κ2) is 14.5. The topological polar surface area (TPSA) is 134 Å². The highest BCUT2D eigenvalue weighted by Crippen LogP contribution is 2.31. The Hall–Kier alpha value is -3.53. The van der Waals surface area contributed by atoms with Gasteiger partial charge in [0.25, 0.3) is 5.56 Å². The Morgan fingerprint density at radius 1 is 1.14 bits per heavy atom. The van der Waals surface area contributed by atoms with E-state index in [9.17, 15) is 18.8 Å². The van der Waals surface area contributed by atoms with Crippen LogP contribution in [0.15, 0.2) is 40.2 Å². The van der Waals surface area contributed by atoms with Crippen LogP contribution in [-0.2, 0) is 22.5 Å². The number of nitrogens with zero attached hydrogens (tertiary/aromatic N) is 6. The van der Waals surface area contributed by atoms with Crippen molar-refractivity contribution in [2.75, 3.05) is 33.9 Å². The van der Waals surface area contributed by atoms with Crippen LogP contribution in [-0.4, -0.2) is 80.1 Å². The average Bonchev–Trinajstić information content (AvgIpc) is 3.64. The Morgan fingerprint density at radius 2 is 1.84 bits per heavy atom. The lowest BCUT2D eigenvalue weighted by Crippen LogP contribution is -2.49. The van der Waals surface area contributed by atoms with Crippen LogP contribution in [0.5, 0.6) is 5.75 Å². The Morgan fingerprint density at radius 3 is 2.48 bits per heavy atom.